The number of aliphatic carboxylic acids is 1. The molecule has 0 aliphatic heterocycles. The Labute approximate surface area is 88.5 Å². The number of urea groups is 1. The Bertz CT molecular complexity index is 276. The molecule has 0 saturated carbocycles. The van der Waals surface area contributed by atoms with Crippen LogP contribution in [0.3, 0.4) is 0 Å². The van der Waals surface area contributed by atoms with Crippen molar-refractivity contribution < 1.29 is 14.7 Å². The lowest BCUT2D eigenvalue weighted by atomic mass is 10.0. The Morgan fingerprint density at radius 1 is 1.47 bits per heavy atom. The number of carboxylic acids is 1. The van der Waals surface area contributed by atoms with Crippen molar-refractivity contribution in [3.63, 3.8) is 0 Å². The zero-order valence-corrected chi connectivity index (χ0v) is 8.69. The van der Waals surface area contributed by atoms with Crippen molar-refractivity contribution in [2.45, 2.75) is 38.3 Å². The third-order valence-electron chi connectivity index (χ3n) is 2.32. The number of hydrogen-bond acceptors (Lipinski definition) is 2. The minimum atomic E-state index is -1.03. The molecule has 84 valence electrons. The van der Waals surface area contributed by atoms with E-state index >= 15 is 0 Å². The standard InChI is InChI=1S/C10H16N2O3/c1-7(9(13)14)11-10(15)12-8-5-3-2-4-6-8/h2-3,7-8H,4-6H2,1H3,(H,13,14)(H2,11,12,15)/t7-,8?/m0/s1. The van der Waals surface area contributed by atoms with E-state index in [0.717, 1.165) is 19.3 Å². The molecule has 1 unspecified atom stereocenters. The minimum absolute atomic E-state index is 0.121. The summed E-state index contributed by atoms with van der Waals surface area (Å²) in [6.07, 6.45) is 6.78. The number of carbonyl (C=O) groups excluding carboxylic acids is 1. The van der Waals surface area contributed by atoms with Gasteiger partial charge >= 0.3 is 12.0 Å². The first-order chi connectivity index (χ1) is 7.09. The summed E-state index contributed by atoms with van der Waals surface area (Å²) in [5.74, 6) is -1.03. The molecule has 5 heteroatoms. The van der Waals surface area contributed by atoms with Gasteiger partial charge in [0.15, 0.2) is 0 Å². The van der Waals surface area contributed by atoms with Gasteiger partial charge in [-0.1, -0.05) is 12.2 Å². The average Bonchev–Trinajstić information content (AvgIpc) is 2.18. The first-order valence-electron chi connectivity index (χ1n) is 5.04. The lowest BCUT2D eigenvalue weighted by molar-refractivity contribution is -0.138. The van der Waals surface area contributed by atoms with Gasteiger partial charge in [-0.25, -0.2) is 4.79 Å². The number of carboxylic acid groups (broad SMARTS) is 1. The third-order valence-corrected chi connectivity index (χ3v) is 2.32. The topological polar surface area (TPSA) is 78.4 Å². The van der Waals surface area contributed by atoms with E-state index in [0.29, 0.717) is 0 Å². The molecule has 2 atom stereocenters. The monoisotopic (exact) mass is 212 g/mol. The number of carbonyl (C=O) groups is 2. The molecule has 0 heterocycles. The van der Waals surface area contributed by atoms with Crippen LogP contribution in [0.25, 0.3) is 0 Å². The summed E-state index contributed by atoms with van der Waals surface area (Å²) in [5, 5.41) is 13.7. The van der Waals surface area contributed by atoms with Crippen molar-refractivity contribution in [3.8, 4) is 0 Å². The zero-order chi connectivity index (χ0) is 11.3. The first-order valence-corrected chi connectivity index (χ1v) is 5.04. The molecular formula is C10H16N2O3. The van der Waals surface area contributed by atoms with E-state index < -0.39 is 18.0 Å². The first kappa shape index (κ1) is 11.6. The van der Waals surface area contributed by atoms with Crippen LogP contribution in [0.15, 0.2) is 12.2 Å². The second-order valence-electron chi connectivity index (χ2n) is 3.66. The quantitative estimate of drug-likeness (QED) is 0.607. The Morgan fingerprint density at radius 2 is 2.20 bits per heavy atom. The molecule has 0 radical (unpaired) electrons. The molecule has 0 aromatic heterocycles. The highest BCUT2D eigenvalue weighted by atomic mass is 16.4. The lowest BCUT2D eigenvalue weighted by Gasteiger charge is -2.20. The lowest BCUT2D eigenvalue weighted by Crippen LogP contribution is -2.47. The Balaban J connectivity index is 2.29. The Kier molecular flexibility index (Phi) is 4.15. The fourth-order valence-electron chi connectivity index (χ4n) is 1.41. The van der Waals surface area contributed by atoms with Gasteiger partial charge < -0.3 is 15.7 Å². The summed E-state index contributed by atoms with van der Waals surface area (Å²) in [7, 11) is 0. The van der Waals surface area contributed by atoms with Crippen LogP contribution in [0.4, 0.5) is 4.79 Å². The molecule has 0 saturated heterocycles. The largest absolute Gasteiger partial charge is 0.480 e. The molecule has 1 aliphatic rings. The van der Waals surface area contributed by atoms with Crippen molar-refractivity contribution in [1.82, 2.24) is 10.6 Å². The van der Waals surface area contributed by atoms with Crippen LogP contribution >= 0.6 is 0 Å². The number of hydrogen-bond donors (Lipinski definition) is 3. The molecule has 0 aromatic rings. The minimum Gasteiger partial charge on any atom is -0.480 e. The molecular weight excluding hydrogens is 196 g/mol. The van der Waals surface area contributed by atoms with Gasteiger partial charge in [0.1, 0.15) is 6.04 Å². The zero-order valence-electron chi connectivity index (χ0n) is 8.69. The van der Waals surface area contributed by atoms with E-state index in [1.165, 1.54) is 6.92 Å². The molecule has 1 rings (SSSR count). The highest BCUT2D eigenvalue weighted by molar-refractivity contribution is 5.82. The number of amides is 2. The summed E-state index contributed by atoms with van der Waals surface area (Å²) in [5.41, 5.74) is 0. The van der Waals surface area contributed by atoms with Crippen LogP contribution in [0.5, 0.6) is 0 Å². The number of allylic oxidation sites excluding steroid dienone is 1. The van der Waals surface area contributed by atoms with Crippen LogP contribution in [-0.4, -0.2) is 29.2 Å². The van der Waals surface area contributed by atoms with Gasteiger partial charge in [-0.15, -0.1) is 0 Å². The summed E-state index contributed by atoms with van der Waals surface area (Å²) in [6.45, 7) is 1.43. The van der Waals surface area contributed by atoms with Crippen LogP contribution in [-0.2, 0) is 4.79 Å². The van der Waals surface area contributed by atoms with Gasteiger partial charge in [0.2, 0.25) is 0 Å². The second kappa shape index (κ2) is 5.38. The van der Waals surface area contributed by atoms with E-state index in [1.54, 1.807) is 0 Å². The van der Waals surface area contributed by atoms with E-state index in [9.17, 15) is 9.59 Å². The molecule has 15 heavy (non-hydrogen) atoms. The number of rotatable bonds is 3. The molecule has 2 amide bonds. The highest BCUT2D eigenvalue weighted by Gasteiger charge is 2.17. The van der Waals surface area contributed by atoms with E-state index in [-0.39, 0.29) is 6.04 Å². The van der Waals surface area contributed by atoms with Crippen molar-refractivity contribution in [3.05, 3.63) is 12.2 Å². The van der Waals surface area contributed by atoms with Gasteiger partial charge in [-0.3, -0.25) is 4.79 Å². The smallest absolute Gasteiger partial charge is 0.325 e. The average molecular weight is 212 g/mol. The van der Waals surface area contributed by atoms with Crippen LogP contribution < -0.4 is 10.6 Å². The SMILES string of the molecule is C[C@H](NC(=O)NC1CC=CCC1)C(=O)O. The van der Waals surface area contributed by atoms with E-state index in [2.05, 4.69) is 16.7 Å². The Morgan fingerprint density at radius 3 is 2.73 bits per heavy atom. The molecule has 1 aliphatic carbocycles. The Hall–Kier alpha value is -1.52. The normalized spacial score (nSPS) is 21.8. The number of nitrogens with one attached hydrogen (secondary N) is 2. The summed E-state index contributed by atoms with van der Waals surface area (Å²) < 4.78 is 0. The predicted molar refractivity (Wildman–Crippen MR) is 55.5 cm³/mol. The van der Waals surface area contributed by atoms with Crippen LogP contribution in [0.2, 0.25) is 0 Å². The van der Waals surface area contributed by atoms with E-state index in [1.807, 2.05) is 6.08 Å². The summed E-state index contributed by atoms with van der Waals surface area (Å²) in [4.78, 5) is 21.8. The van der Waals surface area contributed by atoms with E-state index in [4.69, 9.17) is 5.11 Å². The van der Waals surface area contributed by atoms with Gasteiger partial charge in [-0.05, 0) is 26.2 Å². The fourth-order valence-corrected chi connectivity index (χ4v) is 1.41. The maximum Gasteiger partial charge on any atom is 0.325 e. The molecule has 5 nitrogen and oxygen atoms in total. The second-order valence-corrected chi connectivity index (χ2v) is 3.66. The predicted octanol–water partition coefficient (Wildman–Crippen LogP) is 0.867. The molecule has 0 fully saturated rings. The molecule has 0 spiro atoms. The highest BCUT2D eigenvalue weighted by Crippen LogP contribution is 2.09. The van der Waals surface area contributed by atoms with Crippen molar-refractivity contribution >= 4 is 12.0 Å². The van der Waals surface area contributed by atoms with Gasteiger partial charge in [0, 0.05) is 6.04 Å². The third kappa shape index (κ3) is 4.01. The van der Waals surface area contributed by atoms with Crippen LogP contribution in [0, 0.1) is 0 Å². The van der Waals surface area contributed by atoms with Gasteiger partial charge in [0.25, 0.3) is 0 Å². The molecule has 0 bridgehead atoms. The molecule has 3 N–H and O–H groups in total. The van der Waals surface area contributed by atoms with Gasteiger partial charge in [0.05, 0.1) is 0 Å². The maximum absolute atomic E-state index is 11.3. The maximum atomic E-state index is 11.3. The van der Waals surface area contributed by atoms with Crippen molar-refractivity contribution in [2.75, 3.05) is 0 Å². The molecule has 0 aromatic carbocycles. The summed E-state index contributed by atoms with van der Waals surface area (Å²) in [6, 6.07) is -1.15. The van der Waals surface area contributed by atoms with Crippen molar-refractivity contribution in [1.29, 1.82) is 0 Å². The summed E-state index contributed by atoms with van der Waals surface area (Å²) >= 11 is 0. The van der Waals surface area contributed by atoms with Crippen molar-refractivity contribution in [2.24, 2.45) is 0 Å². The van der Waals surface area contributed by atoms with Crippen LogP contribution in [0.1, 0.15) is 26.2 Å². The van der Waals surface area contributed by atoms with Gasteiger partial charge in [-0.2, -0.15) is 0 Å². The fraction of sp³-hybridized carbons (Fsp3) is 0.600.